The number of carbonyl (C=O) groups excluding carboxylic acids is 1. The highest BCUT2D eigenvalue weighted by Gasteiger charge is 2.29. The molecule has 1 saturated carbocycles. The van der Waals surface area contributed by atoms with Crippen LogP contribution in [0, 0.1) is 0 Å². The fraction of sp³-hybridized carbons (Fsp3) is 0.533. The standard InChI is InChI=1S/C15H22N2O2S/c1-20-13-7-5-6-12(10-13)17-14(18)16-11-15(19)8-3-2-4-9-15/h5-7,10,19H,2-4,8-9,11H2,1H3,(H2,16,17,18). The number of amides is 2. The van der Waals surface area contributed by atoms with Crippen molar-refractivity contribution in [2.75, 3.05) is 18.1 Å². The molecule has 0 heterocycles. The van der Waals surface area contributed by atoms with Crippen LogP contribution < -0.4 is 10.6 Å². The van der Waals surface area contributed by atoms with Gasteiger partial charge in [0.1, 0.15) is 0 Å². The number of nitrogens with one attached hydrogen (secondary N) is 2. The maximum Gasteiger partial charge on any atom is 0.319 e. The molecule has 0 atom stereocenters. The lowest BCUT2D eigenvalue weighted by Gasteiger charge is -2.32. The predicted molar refractivity (Wildman–Crippen MR) is 83.3 cm³/mol. The zero-order valence-corrected chi connectivity index (χ0v) is 12.6. The minimum absolute atomic E-state index is 0.262. The van der Waals surface area contributed by atoms with Crippen molar-refractivity contribution < 1.29 is 9.90 Å². The fourth-order valence-corrected chi connectivity index (χ4v) is 2.97. The van der Waals surface area contributed by atoms with Crippen LogP contribution in [-0.4, -0.2) is 29.5 Å². The number of hydrogen-bond donors (Lipinski definition) is 3. The molecular weight excluding hydrogens is 272 g/mol. The summed E-state index contributed by atoms with van der Waals surface area (Å²) in [5.41, 5.74) is 0.0430. The number of aliphatic hydroxyl groups is 1. The molecule has 0 radical (unpaired) electrons. The van der Waals surface area contributed by atoms with Crippen molar-refractivity contribution >= 4 is 23.5 Å². The Labute approximate surface area is 124 Å². The number of carbonyl (C=O) groups is 1. The second-order valence-corrected chi connectivity index (χ2v) is 6.20. The summed E-state index contributed by atoms with van der Waals surface area (Å²) < 4.78 is 0. The Kier molecular flexibility index (Phi) is 5.31. The van der Waals surface area contributed by atoms with E-state index in [4.69, 9.17) is 0 Å². The van der Waals surface area contributed by atoms with Gasteiger partial charge in [0.2, 0.25) is 0 Å². The molecule has 4 nitrogen and oxygen atoms in total. The third kappa shape index (κ3) is 4.42. The van der Waals surface area contributed by atoms with E-state index in [1.807, 2.05) is 30.5 Å². The average Bonchev–Trinajstić information content (AvgIpc) is 2.46. The molecule has 0 bridgehead atoms. The molecule has 0 aliphatic heterocycles. The molecular formula is C15H22N2O2S. The summed E-state index contributed by atoms with van der Waals surface area (Å²) in [5, 5.41) is 15.9. The van der Waals surface area contributed by atoms with Crippen LogP contribution in [0.15, 0.2) is 29.2 Å². The van der Waals surface area contributed by atoms with Crippen LogP contribution in [0.5, 0.6) is 0 Å². The van der Waals surface area contributed by atoms with Gasteiger partial charge in [0.25, 0.3) is 0 Å². The normalized spacial score (nSPS) is 17.5. The highest BCUT2D eigenvalue weighted by molar-refractivity contribution is 7.98. The van der Waals surface area contributed by atoms with Gasteiger partial charge in [0.05, 0.1) is 5.60 Å². The molecule has 1 aromatic carbocycles. The van der Waals surface area contributed by atoms with Crippen LogP contribution in [0.3, 0.4) is 0 Å². The SMILES string of the molecule is CSc1cccc(NC(=O)NCC2(O)CCCCC2)c1. The van der Waals surface area contributed by atoms with Gasteiger partial charge in [-0.05, 0) is 37.3 Å². The first-order valence-electron chi connectivity index (χ1n) is 7.03. The van der Waals surface area contributed by atoms with Gasteiger partial charge >= 0.3 is 6.03 Å². The van der Waals surface area contributed by atoms with Crippen molar-refractivity contribution in [2.24, 2.45) is 0 Å². The Morgan fingerprint density at radius 2 is 2.10 bits per heavy atom. The third-order valence-electron chi connectivity index (χ3n) is 3.69. The van der Waals surface area contributed by atoms with Crippen molar-refractivity contribution in [1.82, 2.24) is 5.32 Å². The van der Waals surface area contributed by atoms with Crippen LogP contribution in [0.25, 0.3) is 0 Å². The molecule has 5 heteroatoms. The molecule has 1 aromatic rings. The minimum atomic E-state index is -0.725. The molecule has 2 rings (SSSR count). The number of hydrogen-bond acceptors (Lipinski definition) is 3. The van der Waals surface area contributed by atoms with E-state index in [2.05, 4.69) is 10.6 Å². The number of rotatable bonds is 4. The lowest BCUT2D eigenvalue weighted by atomic mass is 9.85. The molecule has 20 heavy (non-hydrogen) atoms. The molecule has 1 aliphatic carbocycles. The largest absolute Gasteiger partial charge is 0.388 e. The second kappa shape index (κ2) is 6.99. The summed E-state index contributed by atoms with van der Waals surface area (Å²) in [4.78, 5) is 13.0. The molecule has 2 amide bonds. The van der Waals surface area contributed by atoms with Gasteiger partial charge in [0, 0.05) is 17.1 Å². The van der Waals surface area contributed by atoms with Gasteiger partial charge in [-0.25, -0.2) is 4.79 Å². The number of thioether (sulfide) groups is 1. The highest BCUT2D eigenvalue weighted by atomic mass is 32.2. The van der Waals surface area contributed by atoms with Crippen LogP contribution >= 0.6 is 11.8 Å². The molecule has 3 N–H and O–H groups in total. The van der Waals surface area contributed by atoms with Crippen molar-refractivity contribution in [3.63, 3.8) is 0 Å². The van der Waals surface area contributed by atoms with E-state index in [0.29, 0.717) is 6.54 Å². The van der Waals surface area contributed by atoms with Gasteiger partial charge in [-0.1, -0.05) is 25.3 Å². The Morgan fingerprint density at radius 1 is 1.35 bits per heavy atom. The van der Waals surface area contributed by atoms with Crippen molar-refractivity contribution in [3.05, 3.63) is 24.3 Å². The van der Waals surface area contributed by atoms with Crippen molar-refractivity contribution in [3.8, 4) is 0 Å². The molecule has 0 aromatic heterocycles. The van der Waals surface area contributed by atoms with Gasteiger partial charge in [0.15, 0.2) is 0 Å². The van der Waals surface area contributed by atoms with Crippen LogP contribution in [-0.2, 0) is 0 Å². The summed E-state index contributed by atoms with van der Waals surface area (Å²) in [6.07, 6.45) is 6.80. The van der Waals surface area contributed by atoms with Gasteiger partial charge in [-0.3, -0.25) is 0 Å². The zero-order chi connectivity index (χ0) is 14.4. The van der Waals surface area contributed by atoms with Crippen LogP contribution in [0.4, 0.5) is 10.5 Å². The quantitative estimate of drug-likeness (QED) is 0.747. The van der Waals surface area contributed by atoms with Crippen LogP contribution in [0.1, 0.15) is 32.1 Å². The average molecular weight is 294 g/mol. The number of urea groups is 1. The molecule has 110 valence electrons. The molecule has 0 spiro atoms. The smallest absolute Gasteiger partial charge is 0.319 e. The summed E-state index contributed by atoms with van der Waals surface area (Å²) in [6, 6.07) is 7.44. The van der Waals surface area contributed by atoms with Crippen LogP contribution in [0.2, 0.25) is 0 Å². The van der Waals surface area contributed by atoms with Crippen molar-refractivity contribution in [2.45, 2.75) is 42.6 Å². The second-order valence-electron chi connectivity index (χ2n) is 5.32. The zero-order valence-electron chi connectivity index (χ0n) is 11.8. The van der Waals surface area contributed by atoms with E-state index in [1.165, 1.54) is 6.42 Å². The Bertz CT molecular complexity index is 459. The monoisotopic (exact) mass is 294 g/mol. The highest BCUT2D eigenvalue weighted by Crippen LogP contribution is 2.27. The molecule has 1 aliphatic rings. The van der Waals surface area contributed by atoms with Gasteiger partial charge in [-0.15, -0.1) is 11.8 Å². The summed E-state index contributed by atoms with van der Waals surface area (Å²) in [5.74, 6) is 0. The topological polar surface area (TPSA) is 61.4 Å². The maximum atomic E-state index is 11.9. The molecule has 0 saturated heterocycles. The minimum Gasteiger partial charge on any atom is -0.388 e. The number of benzene rings is 1. The Morgan fingerprint density at radius 3 is 2.80 bits per heavy atom. The Hall–Kier alpha value is -1.20. The first-order chi connectivity index (χ1) is 9.61. The summed E-state index contributed by atoms with van der Waals surface area (Å²) in [6.45, 7) is 0.320. The predicted octanol–water partition coefficient (Wildman–Crippen LogP) is 3.23. The van der Waals surface area contributed by atoms with Crippen molar-refractivity contribution in [1.29, 1.82) is 0 Å². The number of anilines is 1. The summed E-state index contributed by atoms with van der Waals surface area (Å²) in [7, 11) is 0. The molecule has 0 unspecified atom stereocenters. The lowest BCUT2D eigenvalue weighted by Crippen LogP contribution is -2.45. The Balaban J connectivity index is 1.82. The van der Waals surface area contributed by atoms with E-state index in [1.54, 1.807) is 11.8 Å². The fourth-order valence-electron chi connectivity index (χ4n) is 2.51. The van der Waals surface area contributed by atoms with Gasteiger partial charge in [-0.2, -0.15) is 0 Å². The first-order valence-corrected chi connectivity index (χ1v) is 8.25. The van der Waals surface area contributed by atoms with E-state index in [0.717, 1.165) is 36.3 Å². The van der Waals surface area contributed by atoms with E-state index < -0.39 is 5.60 Å². The van der Waals surface area contributed by atoms with E-state index >= 15 is 0 Å². The first kappa shape index (κ1) is 15.2. The lowest BCUT2D eigenvalue weighted by molar-refractivity contribution is 0.00755. The third-order valence-corrected chi connectivity index (χ3v) is 4.42. The summed E-state index contributed by atoms with van der Waals surface area (Å²) >= 11 is 1.63. The molecule has 1 fully saturated rings. The van der Waals surface area contributed by atoms with E-state index in [-0.39, 0.29) is 6.03 Å². The van der Waals surface area contributed by atoms with E-state index in [9.17, 15) is 9.90 Å². The van der Waals surface area contributed by atoms with Gasteiger partial charge < -0.3 is 15.7 Å². The maximum absolute atomic E-state index is 11.9.